The molecule has 0 aliphatic rings. The van der Waals surface area contributed by atoms with Crippen LogP contribution in [0.4, 0.5) is 0 Å². The van der Waals surface area contributed by atoms with Gasteiger partial charge in [-0.05, 0) is 97.2 Å². The molecule has 0 bridgehead atoms. The lowest BCUT2D eigenvalue weighted by molar-refractivity contribution is 0.482. The van der Waals surface area contributed by atoms with Crippen LogP contribution in [-0.4, -0.2) is 19.3 Å². The molecular weight excluding hydrogens is 512 g/mol. The van der Waals surface area contributed by atoms with Gasteiger partial charge in [0.15, 0.2) is 0 Å². The van der Waals surface area contributed by atoms with E-state index < -0.39 is 0 Å². The smallest absolute Gasteiger partial charge is 0.137 e. The van der Waals surface area contributed by atoms with Crippen LogP contribution in [-0.2, 0) is 0 Å². The molecule has 0 saturated heterocycles. The minimum Gasteiger partial charge on any atom is -0.457 e. The summed E-state index contributed by atoms with van der Waals surface area (Å²) in [6, 6.07) is 25.0. The molecule has 3 heterocycles. The van der Waals surface area contributed by atoms with Crippen LogP contribution in [0.1, 0.15) is 22.5 Å². The summed E-state index contributed by atoms with van der Waals surface area (Å²) in [6.45, 7) is 8.21. The SMILES string of the molecule is Cc1cc(Oc2ccc3c4ccccc4n(-c4cc(C)ccn4)c3c2)cc(-n2nc(C)c(Br)c2C)c1. The molecule has 0 aliphatic carbocycles. The first-order valence-corrected chi connectivity index (χ1v) is 12.7. The zero-order valence-corrected chi connectivity index (χ0v) is 22.2. The minimum atomic E-state index is 0.768. The van der Waals surface area contributed by atoms with Crippen molar-refractivity contribution in [1.82, 2.24) is 19.3 Å². The maximum Gasteiger partial charge on any atom is 0.137 e. The highest BCUT2D eigenvalue weighted by atomic mass is 79.9. The van der Waals surface area contributed by atoms with Crippen LogP contribution < -0.4 is 4.74 Å². The van der Waals surface area contributed by atoms with E-state index in [0.717, 1.165) is 55.5 Å². The van der Waals surface area contributed by atoms with Gasteiger partial charge in [-0.15, -0.1) is 0 Å². The molecule has 6 aromatic rings. The van der Waals surface area contributed by atoms with Gasteiger partial charge in [-0.25, -0.2) is 9.67 Å². The van der Waals surface area contributed by atoms with Gasteiger partial charge in [0.2, 0.25) is 0 Å². The molecule has 0 unspecified atom stereocenters. The summed E-state index contributed by atoms with van der Waals surface area (Å²) in [7, 11) is 0. The fraction of sp³-hybridized carbons (Fsp3) is 0.133. The number of aromatic nitrogens is 4. The van der Waals surface area contributed by atoms with E-state index in [9.17, 15) is 0 Å². The van der Waals surface area contributed by atoms with Crippen LogP contribution in [0.2, 0.25) is 0 Å². The highest BCUT2D eigenvalue weighted by Gasteiger charge is 2.15. The third-order valence-electron chi connectivity index (χ3n) is 6.49. The minimum absolute atomic E-state index is 0.768. The van der Waals surface area contributed by atoms with E-state index in [-0.39, 0.29) is 0 Å². The number of hydrogen-bond donors (Lipinski definition) is 0. The zero-order chi connectivity index (χ0) is 25.0. The van der Waals surface area contributed by atoms with E-state index >= 15 is 0 Å². The molecule has 0 spiro atoms. The van der Waals surface area contributed by atoms with Crippen LogP contribution >= 0.6 is 15.9 Å². The summed E-state index contributed by atoms with van der Waals surface area (Å²) in [5.41, 5.74) is 7.43. The van der Waals surface area contributed by atoms with Crippen molar-refractivity contribution in [3.05, 3.63) is 106 Å². The lowest BCUT2D eigenvalue weighted by Gasteiger charge is -2.12. The van der Waals surface area contributed by atoms with Gasteiger partial charge < -0.3 is 4.74 Å². The van der Waals surface area contributed by atoms with Crippen molar-refractivity contribution in [2.75, 3.05) is 0 Å². The topological polar surface area (TPSA) is 44.9 Å². The number of nitrogens with zero attached hydrogens (tertiary/aromatic N) is 4. The van der Waals surface area contributed by atoms with Gasteiger partial charge in [0.1, 0.15) is 17.3 Å². The second kappa shape index (κ2) is 8.64. The highest BCUT2D eigenvalue weighted by molar-refractivity contribution is 9.10. The lowest BCUT2D eigenvalue weighted by Crippen LogP contribution is -2.00. The Bertz CT molecular complexity index is 1780. The summed E-state index contributed by atoms with van der Waals surface area (Å²) in [6.07, 6.45) is 1.86. The Labute approximate surface area is 218 Å². The molecule has 0 N–H and O–H groups in total. The van der Waals surface area contributed by atoms with Crippen LogP contribution in [0.25, 0.3) is 33.3 Å². The number of fused-ring (bicyclic) bond motifs is 3. The van der Waals surface area contributed by atoms with E-state index in [4.69, 9.17) is 9.84 Å². The first-order valence-electron chi connectivity index (χ1n) is 11.9. The predicted molar refractivity (Wildman–Crippen MR) is 149 cm³/mol. The zero-order valence-electron chi connectivity index (χ0n) is 20.6. The molecule has 0 aliphatic heterocycles. The number of ether oxygens (including phenoxy) is 1. The van der Waals surface area contributed by atoms with Gasteiger partial charge in [0, 0.05) is 29.1 Å². The van der Waals surface area contributed by atoms with Crippen molar-refractivity contribution in [3.63, 3.8) is 0 Å². The predicted octanol–water partition coefficient (Wildman–Crippen LogP) is 8.15. The molecule has 0 fully saturated rings. The molecule has 5 nitrogen and oxygen atoms in total. The second-order valence-corrected chi connectivity index (χ2v) is 10.0. The van der Waals surface area contributed by atoms with Gasteiger partial charge in [-0.1, -0.05) is 18.2 Å². The van der Waals surface area contributed by atoms with Crippen molar-refractivity contribution in [2.45, 2.75) is 27.7 Å². The Morgan fingerprint density at radius 1 is 0.750 bits per heavy atom. The third kappa shape index (κ3) is 3.78. The third-order valence-corrected chi connectivity index (χ3v) is 7.64. The number of para-hydroxylation sites is 1. The summed E-state index contributed by atoms with van der Waals surface area (Å²) >= 11 is 3.63. The Morgan fingerprint density at radius 2 is 1.56 bits per heavy atom. The number of halogens is 1. The van der Waals surface area contributed by atoms with Crippen molar-refractivity contribution in [3.8, 4) is 23.0 Å². The van der Waals surface area contributed by atoms with Crippen LogP contribution in [0.3, 0.4) is 0 Å². The average molecular weight is 537 g/mol. The van der Waals surface area contributed by atoms with Crippen molar-refractivity contribution < 1.29 is 4.74 Å². The van der Waals surface area contributed by atoms with E-state index in [1.165, 1.54) is 16.3 Å². The number of pyridine rings is 1. The molecule has 0 radical (unpaired) electrons. The monoisotopic (exact) mass is 536 g/mol. The highest BCUT2D eigenvalue weighted by Crippen LogP contribution is 2.35. The molecule has 6 rings (SSSR count). The Hall–Kier alpha value is -3.90. The van der Waals surface area contributed by atoms with Gasteiger partial charge >= 0.3 is 0 Å². The van der Waals surface area contributed by atoms with Crippen molar-refractivity contribution in [2.24, 2.45) is 0 Å². The van der Waals surface area contributed by atoms with Crippen molar-refractivity contribution in [1.29, 1.82) is 0 Å². The van der Waals surface area contributed by atoms with E-state index in [1.807, 2.05) is 42.1 Å². The normalized spacial score (nSPS) is 11.5. The number of rotatable bonds is 4. The Balaban J connectivity index is 1.47. The van der Waals surface area contributed by atoms with Gasteiger partial charge in [0.05, 0.1) is 32.6 Å². The van der Waals surface area contributed by atoms with E-state index in [1.54, 1.807) is 0 Å². The quantitative estimate of drug-likeness (QED) is 0.228. The number of aryl methyl sites for hydroxylation is 3. The first kappa shape index (κ1) is 22.6. The molecule has 0 saturated carbocycles. The van der Waals surface area contributed by atoms with Crippen LogP contribution in [0.15, 0.2) is 83.5 Å². The summed E-state index contributed by atoms with van der Waals surface area (Å²) in [4.78, 5) is 4.68. The first-order chi connectivity index (χ1) is 17.4. The van der Waals surface area contributed by atoms with Gasteiger partial charge in [-0.3, -0.25) is 4.57 Å². The Kier molecular flexibility index (Phi) is 5.41. The van der Waals surface area contributed by atoms with E-state index in [0.29, 0.717) is 0 Å². The molecule has 0 amide bonds. The standard InChI is InChI=1S/C30H25BrN4O/c1-18-11-12-32-29(15-18)34-27-8-6-5-7-25(27)26-10-9-23(17-28(26)34)36-24-14-19(2)13-22(16-24)35-21(4)30(31)20(3)33-35/h5-17H,1-4H3. The molecular formula is C30H25BrN4O. The molecule has 36 heavy (non-hydrogen) atoms. The average Bonchev–Trinajstić information content (AvgIpc) is 3.32. The summed E-state index contributed by atoms with van der Waals surface area (Å²) in [5.74, 6) is 2.43. The van der Waals surface area contributed by atoms with Crippen molar-refractivity contribution >= 4 is 37.7 Å². The Morgan fingerprint density at radius 3 is 2.33 bits per heavy atom. The maximum atomic E-state index is 6.43. The molecule has 6 heteroatoms. The van der Waals surface area contributed by atoms with Crippen LogP contribution in [0, 0.1) is 27.7 Å². The number of hydrogen-bond acceptors (Lipinski definition) is 3. The summed E-state index contributed by atoms with van der Waals surface area (Å²) < 4.78 is 11.6. The summed E-state index contributed by atoms with van der Waals surface area (Å²) in [5, 5.41) is 7.05. The fourth-order valence-corrected chi connectivity index (χ4v) is 5.07. The van der Waals surface area contributed by atoms with Gasteiger partial charge in [-0.2, -0.15) is 5.10 Å². The molecule has 0 atom stereocenters. The maximum absolute atomic E-state index is 6.43. The largest absolute Gasteiger partial charge is 0.457 e. The molecule has 3 aromatic heterocycles. The fourth-order valence-electron chi connectivity index (χ4n) is 4.82. The molecule has 178 valence electrons. The molecule has 3 aromatic carbocycles. The van der Waals surface area contributed by atoms with Crippen LogP contribution in [0.5, 0.6) is 11.5 Å². The van der Waals surface area contributed by atoms with Gasteiger partial charge in [0.25, 0.3) is 0 Å². The lowest BCUT2D eigenvalue weighted by atomic mass is 10.1. The number of benzene rings is 3. The van der Waals surface area contributed by atoms with E-state index in [2.05, 4.69) is 94.8 Å². The second-order valence-electron chi connectivity index (χ2n) is 9.23.